The highest BCUT2D eigenvalue weighted by molar-refractivity contribution is 7.89. The molecular formula is C19H16F3N3O2S. The maximum absolute atomic E-state index is 14.3. The molecule has 1 fully saturated rings. The number of piperazine rings is 1. The molecule has 0 bridgehead atoms. The summed E-state index contributed by atoms with van der Waals surface area (Å²) < 4.78 is 68.4. The molecule has 1 aliphatic heterocycles. The zero-order valence-corrected chi connectivity index (χ0v) is 15.5. The molecule has 2 aromatic carbocycles. The smallest absolute Gasteiger partial charge is 0.243 e. The van der Waals surface area contributed by atoms with E-state index in [0.717, 1.165) is 18.2 Å². The molecule has 1 aromatic heterocycles. The summed E-state index contributed by atoms with van der Waals surface area (Å²) in [5, 5.41) is 0.0731. The quantitative estimate of drug-likeness (QED) is 0.669. The van der Waals surface area contributed by atoms with E-state index in [4.69, 9.17) is 0 Å². The van der Waals surface area contributed by atoms with E-state index in [9.17, 15) is 21.6 Å². The molecule has 2 heterocycles. The summed E-state index contributed by atoms with van der Waals surface area (Å²) in [5.41, 5.74) is 0.400. The third kappa shape index (κ3) is 3.20. The van der Waals surface area contributed by atoms with Crippen molar-refractivity contribution in [3.63, 3.8) is 0 Å². The molecule has 0 unspecified atom stereocenters. The summed E-state index contributed by atoms with van der Waals surface area (Å²) in [6.45, 7) is 0.840. The Labute approximate surface area is 160 Å². The molecule has 1 saturated heterocycles. The van der Waals surface area contributed by atoms with Crippen molar-refractivity contribution in [2.75, 3.05) is 31.1 Å². The Bertz CT molecular complexity index is 1150. The Hall–Kier alpha value is -2.65. The summed E-state index contributed by atoms with van der Waals surface area (Å²) in [4.78, 5) is 5.60. The Morgan fingerprint density at radius 2 is 1.61 bits per heavy atom. The standard InChI is InChI=1S/C19H16F3N3O2S/c20-13-2-1-3-14(12-13)28(26,27)25-10-8-24(9-11-25)17-6-7-23-19-16(22)5-4-15(21)18(17)19/h1-7,12H,8-11H2. The number of hydrogen-bond donors (Lipinski definition) is 0. The molecule has 3 aromatic rings. The Morgan fingerprint density at radius 3 is 2.32 bits per heavy atom. The van der Waals surface area contributed by atoms with Crippen LogP contribution in [0.25, 0.3) is 10.9 Å². The Morgan fingerprint density at radius 1 is 0.893 bits per heavy atom. The van der Waals surface area contributed by atoms with Crippen molar-refractivity contribution in [1.82, 2.24) is 9.29 Å². The minimum Gasteiger partial charge on any atom is -0.368 e. The Balaban J connectivity index is 1.60. The maximum Gasteiger partial charge on any atom is 0.243 e. The number of fused-ring (bicyclic) bond motifs is 1. The monoisotopic (exact) mass is 407 g/mol. The van der Waals surface area contributed by atoms with E-state index in [2.05, 4.69) is 4.98 Å². The van der Waals surface area contributed by atoms with Gasteiger partial charge in [-0.05, 0) is 36.4 Å². The zero-order chi connectivity index (χ0) is 19.9. The highest BCUT2D eigenvalue weighted by Gasteiger charge is 2.29. The first kappa shape index (κ1) is 18.7. The molecular weight excluding hydrogens is 391 g/mol. The van der Waals surface area contributed by atoms with Crippen molar-refractivity contribution < 1.29 is 21.6 Å². The Kier molecular flexibility index (Phi) is 4.72. The average Bonchev–Trinajstić information content (AvgIpc) is 2.70. The van der Waals surface area contributed by atoms with Crippen LogP contribution in [0.15, 0.2) is 53.6 Å². The number of benzene rings is 2. The van der Waals surface area contributed by atoms with Crippen molar-refractivity contribution >= 4 is 26.6 Å². The van der Waals surface area contributed by atoms with Crippen molar-refractivity contribution in [2.45, 2.75) is 4.90 Å². The van der Waals surface area contributed by atoms with Crippen LogP contribution in [0.3, 0.4) is 0 Å². The molecule has 0 amide bonds. The van der Waals surface area contributed by atoms with Crippen LogP contribution in [0.1, 0.15) is 0 Å². The van der Waals surface area contributed by atoms with Gasteiger partial charge in [0.1, 0.15) is 23.0 Å². The second-order valence-electron chi connectivity index (χ2n) is 6.43. The summed E-state index contributed by atoms with van der Waals surface area (Å²) in [6, 6.07) is 8.51. The summed E-state index contributed by atoms with van der Waals surface area (Å²) in [5.74, 6) is -1.83. The lowest BCUT2D eigenvalue weighted by atomic mass is 10.1. The predicted octanol–water partition coefficient (Wildman–Crippen LogP) is 3.16. The van der Waals surface area contributed by atoms with Crippen LogP contribution in [0.4, 0.5) is 18.9 Å². The minimum atomic E-state index is -3.83. The summed E-state index contributed by atoms with van der Waals surface area (Å²) >= 11 is 0. The van der Waals surface area contributed by atoms with Gasteiger partial charge in [0.05, 0.1) is 16.0 Å². The van der Waals surface area contributed by atoms with E-state index < -0.39 is 27.5 Å². The molecule has 0 saturated carbocycles. The third-order valence-electron chi connectivity index (χ3n) is 4.78. The minimum absolute atomic E-state index is 0.0627. The lowest BCUT2D eigenvalue weighted by molar-refractivity contribution is 0.385. The zero-order valence-electron chi connectivity index (χ0n) is 14.6. The second-order valence-corrected chi connectivity index (χ2v) is 8.37. The maximum atomic E-state index is 14.3. The van der Waals surface area contributed by atoms with Crippen LogP contribution in [-0.4, -0.2) is 43.9 Å². The van der Waals surface area contributed by atoms with Gasteiger partial charge in [-0.15, -0.1) is 0 Å². The number of nitrogens with zero attached hydrogens (tertiary/aromatic N) is 3. The topological polar surface area (TPSA) is 53.5 Å². The molecule has 0 atom stereocenters. The molecule has 146 valence electrons. The first-order valence-electron chi connectivity index (χ1n) is 8.61. The van der Waals surface area contributed by atoms with Gasteiger partial charge in [-0.25, -0.2) is 21.6 Å². The van der Waals surface area contributed by atoms with Crippen LogP contribution in [0.5, 0.6) is 0 Å². The van der Waals surface area contributed by atoms with Crippen LogP contribution in [-0.2, 0) is 10.0 Å². The van der Waals surface area contributed by atoms with Crippen LogP contribution >= 0.6 is 0 Å². The van der Waals surface area contributed by atoms with E-state index in [0.29, 0.717) is 5.69 Å². The van der Waals surface area contributed by atoms with Crippen molar-refractivity contribution in [3.05, 3.63) is 66.1 Å². The number of hydrogen-bond acceptors (Lipinski definition) is 4. The van der Waals surface area contributed by atoms with Crippen molar-refractivity contribution in [1.29, 1.82) is 0 Å². The van der Waals surface area contributed by atoms with Gasteiger partial charge in [0.15, 0.2) is 0 Å². The first-order chi connectivity index (χ1) is 13.4. The van der Waals surface area contributed by atoms with E-state index in [-0.39, 0.29) is 42.0 Å². The van der Waals surface area contributed by atoms with E-state index in [1.165, 1.54) is 28.7 Å². The van der Waals surface area contributed by atoms with Crippen LogP contribution in [0.2, 0.25) is 0 Å². The number of pyridine rings is 1. The van der Waals surface area contributed by atoms with Crippen molar-refractivity contribution in [3.8, 4) is 0 Å². The fourth-order valence-corrected chi connectivity index (χ4v) is 4.84. The van der Waals surface area contributed by atoms with Gasteiger partial charge in [0, 0.05) is 32.4 Å². The molecule has 4 rings (SSSR count). The molecule has 5 nitrogen and oxygen atoms in total. The van der Waals surface area contributed by atoms with Gasteiger partial charge in [-0.1, -0.05) is 6.07 Å². The van der Waals surface area contributed by atoms with Gasteiger partial charge >= 0.3 is 0 Å². The molecule has 1 aliphatic rings. The fourth-order valence-electron chi connectivity index (χ4n) is 3.39. The molecule has 0 aliphatic carbocycles. The van der Waals surface area contributed by atoms with E-state index >= 15 is 0 Å². The van der Waals surface area contributed by atoms with Gasteiger partial charge in [0.2, 0.25) is 10.0 Å². The third-order valence-corrected chi connectivity index (χ3v) is 6.68. The summed E-state index contributed by atoms with van der Waals surface area (Å²) in [6.07, 6.45) is 1.40. The molecule has 9 heteroatoms. The predicted molar refractivity (Wildman–Crippen MR) is 99.0 cm³/mol. The number of halogens is 3. The SMILES string of the molecule is O=S(=O)(c1cccc(F)c1)N1CCN(c2ccnc3c(F)ccc(F)c23)CC1. The first-order valence-corrected chi connectivity index (χ1v) is 10.1. The van der Waals surface area contributed by atoms with Gasteiger partial charge < -0.3 is 4.90 Å². The molecule has 0 radical (unpaired) electrons. The lowest BCUT2D eigenvalue weighted by Gasteiger charge is -2.35. The van der Waals surface area contributed by atoms with Gasteiger partial charge in [-0.3, -0.25) is 4.98 Å². The van der Waals surface area contributed by atoms with Gasteiger partial charge in [0.25, 0.3) is 0 Å². The van der Waals surface area contributed by atoms with Crippen LogP contribution < -0.4 is 4.90 Å². The normalized spacial score (nSPS) is 15.9. The molecule has 0 spiro atoms. The molecule has 28 heavy (non-hydrogen) atoms. The second kappa shape index (κ2) is 7.06. The fraction of sp³-hybridized carbons (Fsp3) is 0.211. The van der Waals surface area contributed by atoms with E-state index in [1.807, 2.05) is 0 Å². The number of sulfonamides is 1. The van der Waals surface area contributed by atoms with Gasteiger partial charge in [-0.2, -0.15) is 4.31 Å². The highest BCUT2D eigenvalue weighted by Crippen LogP contribution is 2.30. The van der Waals surface area contributed by atoms with E-state index in [1.54, 1.807) is 11.0 Å². The largest absolute Gasteiger partial charge is 0.368 e. The lowest BCUT2D eigenvalue weighted by Crippen LogP contribution is -2.48. The van der Waals surface area contributed by atoms with Crippen LogP contribution in [0, 0.1) is 17.5 Å². The average molecular weight is 407 g/mol. The highest BCUT2D eigenvalue weighted by atomic mass is 32.2. The summed E-state index contributed by atoms with van der Waals surface area (Å²) in [7, 11) is -3.83. The molecule has 0 N–H and O–H groups in total. The number of rotatable bonds is 3. The van der Waals surface area contributed by atoms with Crippen molar-refractivity contribution in [2.24, 2.45) is 0 Å². The number of aromatic nitrogens is 1. The number of anilines is 1.